The Labute approximate surface area is 48.9 Å². The van der Waals surface area contributed by atoms with Gasteiger partial charge in [0.2, 0.25) is 0 Å². The summed E-state index contributed by atoms with van der Waals surface area (Å²) >= 11 is 0. The van der Waals surface area contributed by atoms with Gasteiger partial charge in [0.25, 0.3) is 0 Å². The zero-order valence-corrected chi connectivity index (χ0v) is 4.54. The molecule has 0 aromatic rings. The predicted molar refractivity (Wildman–Crippen MR) is 33.7 cm³/mol. The smallest absolute Gasteiger partial charge is 0.0769 e. The number of nitrogens with two attached hydrogens (primary N) is 2. The Morgan fingerprint density at radius 2 is 2.12 bits per heavy atom. The highest BCUT2D eigenvalue weighted by atomic mass is 14.8. The molecule has 43 valence electrons. The van der Waals surface area contributed by atoms with Gasteiger partial charge in [-0.05, 0) is 0 Å². The van der Waals surface area contributed by atoms with Crippen molar-refractivity contribution in [3.8, 4) is 0 Å². The minimum atomic E-state index is -0.0694. The fraction of sp³-hybridized carbons (Fsp3) is 0.167. The van der Waals surface area contributed by atoms with E-state index in [1.807, 2.05) is 24.3 Å². The van der Waals surface area contributed by atoms with Gasteiger partial charge in [-0.15, -0.1) is 0 Å². The lowest BCUT2D eigenvalue weighted by molar-refractivity contribution is 0.836. The summed E-state index contributed by atoms with van der Waals surface area (Å²) < 4.78 is 0. The maximum Gasteiger partial charge on any atom is 0.0769 e. The predicted octanol–water partition coefficient (Wildman–Crippen LogP) is -0.0696. The highest BCUT2D eigenvalue weighted by molar-refractivity contribution is 5.27. The molecule has 0 amide bonds. The molecular formula is C6H9N2. The number of allylic oxidation sites excluding steroid dienone is 2. The normalized spacial score (nSPS) is 29.0. The number of hydrogen-bond donors (Lipinski definition) is 2. The van der Waals surface area contributed by atoms with Gasteiger partial charge in [0.05, 0.1) is 6.04 Å². The summed E-state index contributed by atoms with van der Waals surface area (Å²) in [4.78, 5) is 0. The van der Waals surface area contributed by atoms with E-state index in [2.05, 4.69) is 0 Å². The van der Waals surface area contributed by atoms with Gasteiger partial charge < -0.3 is 11.5 Å². The van der Waals surface area contributed by atoms with E-state index in [9.17, 15) is 0 Å². The van der Waals surface area contributed by atoms with Crippen LogP contribution in [0.3, 0.4) is 0 Å². The first-order valence-electron chi connectivity index (χ1n) is 2.53. The van der Waals surface area contributed by atoms with Crippen LogP contribution in [0.5, 0.6) is 0 Å². The highest BCUT2D eigenvalue weighted by Gasteiger charge is 2.07. The van der Waals surface area contributed by atoms with Gasteiger partial charge in [-0.2, -0.15) is 0 Å². The molecule has 1 radical (unpaired) electrons. The monoisotopic (exact) mass is 109 g/mol. The van der Waals surface area contributed by atoms with Crippen molar-refractivity contribution in [3.05, 3.63) is 30.3 Å². The van der Waals surface area contributed by atoms with Crippen LogP contribution < -0.4 is 11.5 Å². The SMILES string of the molecule is N[C]1C=CC=CC1N. The Morgan fingerprint density at radius 1 is 1.38 bits per heavy atom. The Bertz CT molecular complexity index is 110. The van der Waals surface area contributed by atoms with Crippen LogP contribution in [0.25, 0.3) is 0 Å². The second-order valence-electron chi connectivity index (χ2n) is 1.77. The van der Waals surface area contributed by atoms with Crippen LogP contribution in [-0.4, -0.2) is 6.04 Å². The Morgan fingerprint density at radius 3 is 2.50 bits per heavy atom. The van der Waals surface area contributed by atoms with Gasteiger partial charge in [0.1, 0.15) is 0 Å². The zero-order valence-electron chi connectivity index (χ0n) is 4.54. The first-order valence-corrected chi connectivity index (χ1v) is 2.53. The van der Waals surface area contributed by atoms with Crippen LogP contribution in [0.2, 0.25) is 0 Å². The quantitative estimate of drug-likeness (QED) is 0.457. The van der Waals surface area contributed by atoms with E-state index in [4.69, 9.17) is 11.5 Å². The van der Waals surface area contributed by atoms with Crippen LogP contribution >= 0.6 is 0 Å². The van der Waals surface area contributed by atoms with Crippen molar-refractivity contribution >= 4 is 0 Å². The van der Waals surface area contributed by atoms with E-state index in [0.29, 0.717) is 0 Å². The third-order valence-corrected chi connectivity index (χ3v) is 1.10. The van der Waals surface area contributed by atoms with Gasteiger partial charge in [-0.1, -0.05) is 24.3 Å². The van der Waals surface area contributed by atoms with Crippen LogP contribution in [0.15, 0.2) is 24.3 Å². The van der Waals surface area contributed by atoms with E-state index < -0.39 is 0 Å². The molecule has 1 atom stereocenters. The lowest BCUT2D eigenvalue weighted by Crippen LogP contribution is -2.31. The van der Waals surface area contributed by atoms with Crippen molar-refractivity contribution in [2.24, 2.45) is 11.5 Å². The fourth-order valence-corrected chi connectivity index (χ4v) is 0.573. The molecule has 1 aliphatic carbocycles. The Balaban J connectivity index is 2.59. The third kappa shape index (κ3) is 0.967. The summed E-state index contributed by atoms with van der Waals surface area (Å²) in [6.45, 7) is 0. The van der Waals surface area contributed by atoms with Gasteiger partial charge in [-0.3, -0.25) is 0 Å². The van der Waals surface area contributed by atoms with Gasteiger partial charge in [0.15, 0.2) is 0 Å². The molecule has 0 heterocycles. The molecular weight excluding hydrogens is 100 g/mol. The molecule has 1 aliphatic rings. The second-order valence-corrected chi connectivity index (χ2v) is 1.77. The van der Waals surface area contributed by atoms with E-state index in [-0.39, 0.29) is 6.04 Å². The van der Waals surface area contributed by atoms with Gasteiger partial charge in [0, 0.05) is 6.04 Å². The lowest BCUT2D eigenvalue weighted by atomic mass is 10.1. The average molecular weight is 109 g/mol. The summed E-state index contributed by atoms with van der Waals surface area (Å²) in [5, 5.41) is 0. The van der Waals surface area contributed by atoms with Crippen LogP contribution in [0.1, 0.15) is 0 Å². The number of hydrogen-bond acceptors (Lipinski definition) is 2. The van der Waals surface area contributed by atoms with Crippen molar-refractivity contribution in [3.63, 3.8) is 0 Å². The fourth-order valence-electron chi connectivity index (χ4n) is 0.573. The standard InChI is InChI=1S/C6H9N2/c7-5-3-1-2-4-6(5)8/h1-5H,7-8H2. The maximum absolute atomic E-state index is 5.48. The second kappa shape index (κ2) is 2.11. The third-order valence-electron chi connectivity index (χ3n) is 1.10. The van der Waals surface area contributed by atoms with Crippen molar-refractivity contribution in [1.82, 2.24) is 0 Å². The van der Waals surface area contributed by atoms with Gasteiger partial charge in [-0.25, -0.2) is 0 Å². The van der Waals surface area contributed by atoms with Gasteiger partial charge >= 0.3 is 0 Å². The first-order chi connectivity index (χ1) is 3.80. The van der Waals surface area contributed by atoms with Crippen LogP contribution in [-0.2, 0) is 0 Å². The molecule has 0 aromatic heterocycles. The summed E-state index contributed by atoms with van der Waals surface area (Å²) in [7, 11) is 0. The summed E-state index contributed by atoms with van der Waals surface area (Å²) in [5.41, 5.74) is 10.9. The van der Waals surface area contributed by atoms with E-state index in [1.165, 1.54) is 0 Å². The van der Waals surface area contributed by atoms with E-state index in [0.717, 1.165) is 6.04 Å². The van der Waals surface area contributed by atoms with Crippen LogP contribution in [0.4, 0.5) is 0 Å². The molecule has 0 fully saturated rings. The van der Waals surface area contributed by atoms with Crippen LogP contribution in [0, 0.1) is 6.04 Å². The summed E-state index contributed by atoms with van der Waals surface area (Å²) in [5.74, 6) is 0. The van der Waals surface area contributed by atoms with Crippen molar-refractivity contribution in [2.45, 2.75) is 6.04 Å². The average Bonchev–Trinajstić information content (AvgIpc) is 1.77. The molecule has 2 nitrogen and oxygen atoms in total. The highest BCUT2D eigenvalue weighted by Crippen LogP contribution is 2.04. The van der Waals surface area contributed by atoms with E-state index in [1.54, 1.807) is 0 Å². The first kappa shape index (κ1) is 5.54. The minimum absolute atomic E-state index is 0.0694. The number of rotatable bonds is 0. The molecule has 0 aliphatic heterocycles. The molecule has 0 saturated heterocycles. The molecule has 0 bridgehead atoms. The molecule has 1 rings (SSSR count). The molecule has 0 saturated carbocycles. The van der Waals surface area contributed by atoms with Crippen molar-refractivity contribution in [1.29, 1.82) is 0 Å². The molecule has 2 heteroatoms. The summed E-state index contributed by atoms with van der Waals surface area (Å²) in [6, 6.07) is 0.660. The zero-order chi connectivity index (χ0) is 5.98. The minimum Gasteiger partial charge on any atom is -0.323 e. The Hall–Kier alpha value is -0.600. The largest absolute Gasteiger partial charge is 0.323 e. The molecule has 8 heavy (non-hydrogen) atoms. The summed E-state index contributed by atoms with van der Waals surface area (Å²) in [6.07, 6.45) is 7.43. The van der Waals surface area contributed by atoms with E-state index >= 15 is 0 Å². The molecule has 0 spiro atoms. The molecule has 0 aromatic carbocycles. The van der Waals surface area contributed by atoms with Crippen molar-refractivity contribution in [2.75, 3.05) is 0 Å². The maximum atomic E-state index is 5.48. The molecule has 1 unspecified atom stereocenters. The Kier molecular flexibility index (Phi) is 1.46. The molecule has 4 N–H and O–H groups in total. The van der Waals surface area contributed by atoms with Crippen molar-refractivity contribution < 1.29 is 0 Å². The topological polar surface area (TPSA) is 52.0 Å². The lowest BCUT2D eigenvalue weighted by Gasteiger charge is -2.12.